The number of fused-ring (bicyclic) bond motifs is 1. The summed E-state index contributed by atoms with van der Waals surface area (Å²) in [6, 6.07) is 25.8. The molecule has 4 rings (SSSR count). The molecule has 0 saturated carbocycles. The zero-order valence-electron chi connectivity index (χ0n) is 10.4. The van der Waals surface area contributed by atoms with Crippen molar-refractivity contribution in [1.29, 1.82) is 0 Å². The Morgan fingerprint density at radius 2 is 0.895 bits per heavy atom. The van der Waals surface area contributed by atoms with Crippen molar-refractivity contribution in [3.63, 3.8) is 0 Å². The third-order valence-corrected chi connectivity index (χ3v) is 3.60. The van der Waals surface area contributed by atoms with E-state index in [1.165, 1.54) is 33.4 Å². The van der Waals surface area contributed by atoms with Crippen LogP contribution in [0.5, 0.6) is 0 Å². The summed E-state index contributed by atoms with van der Waals surface area (Å²) in [7, 11) is 0. The van der Waals surface area contributed by atoms with Crippen LogP contribution in [0, 0.1) is 0 Å². The minimum atomic E-state index is 0. The maximum Gasteiger partial charge on any atom is -0.00259 e. The van der Waals surface area contributed by atoms with E-state index in [0.29, 0.717) is 0 Å². The van der Waals surface area contributed by atoms with Crippen molar-refractivity contribution in [2.24, 2.45) is 0 Å². The van der Waals surface area contributed by atoms with Gasteiger partial charge in [-0.25, -0.2) is 0 Å². The molecule has 2 aromatic carbocycles. The van der Waals surface area contributed by atoms with Gasteiger partial charge in [0.1, 0.15) is 0 Å². The lowest BCUT2D eigenvalue weighted by molar-refractivity contribution is 0.824. The Morgan fingerprint density at radius 3 is 1.26 bits per heavy atom. The molecule has 0 aromatic heterocycles. The van der Waals surface area contributed by atoms with Crippen LogP contribution in [0.15, 0.2) is 72.8 Å². The average molecular weight is 246 g/mol. The molecule has 1 heteroatoms. The van der Waals surface area contributed by atoms with Gasteiger partial charge in [-0.1, -0.05) is 60.7 Å². The molecule has 0 amide bonds. The maximum atomic E-state index is 2.27. The highest BCUT2D eigenvalue weighted by Crippen LogP contribution is 2.51. The van der Waals surface area contributed by atoms with Gasteiger partial charge in [0.25, 0.3) is 0 Å². The molecule has 0 atom stereocenters. The number of benzene rings is 3. The summed E-state index contributed by atoms with van der Waals surface area (Å²) in [6.45, 7) is 0. The fourth-order valence-corrected chi connectivity index (χ4v) is 2.63. The zero-order valence-corrected chi connectivity index (χ0v) is 10.4. The van der Waals surface area contributed by atoms with Crippen LogP contribution in [0.3, 0.4) is 0 Å². The van der Waals surface area contributed by atoms with Crippen molar-refractivity contribution >= 4 is 0 Å². The monoisotopic (exact) mass is 246 g/mol. The predicted octanol–water partition coefficient (Wildman–Crippen LogP) is 4.18. The molecule has 1 nitrogen and oxygen atoms in total. The Balaban J connectivity index is 0.00000110. The minimum absolute atomic E-state index is 0. The molecule has 0 saturated heterocycles. The Labute approximate surface area is 112 Å². The van der Waals surface area contributed by atoms with Gasteiger partial charge < -0.3 is 5.48 Å². The summed E-state index contributed by atoms with van der Waals surface area (Å²) in [6.07, 6.45) is 0. The highest BCUT2D eigenvalue weighted by Gasteiger charge is 2.24. The molecule has 19 heavy (non-hydrogen) atoms. The van der Waals surface area contributed by atoms with Crippen molar-refractivity contribution < 1.29 is 5.48 Å². The summed E-state index contributed by atoms with van der Waals surface area (Å²) in [4.78, 5) is 0. The molecule has 0 heterocycles. The van der Waals surface area contributed by atoms with Crippen LogP contribution in [-0.4, -0.2) is 5.48 Å². The Bertz CT molecular complexity index is 655. The lowest BCUT2D eigenvalue weighted by atomic mass is 9.76. The van der Waals surface area contributed by atoms with E-state index in [4.69, 9.17) is 0 Å². The van der Waals surface area contributed by atoms with Gasteiger partial charge in [0, 0.05) is 0 Å². The number of rotatable bonds is 2. The summed E-state index contributed by atoms with van der Waals surface area (Å²) in [5, 5.41) is 0. The van der Waals surface area contributed by atoms with Gasteiger partial charge in [0.05, 0.1) is 0 Å². The van der Waals surface area contributed by atoms with Gasteiger partial charge in [-0.05, 0) is 45.5 Å². The molecule has 0 bridgehead atoms. The van der Waals surface area contributed by atoms with E-state index >= 15 is 0 Å². The minimum Gasteiger partial charge on any atom is -0.412 e. The summed E-state index contributed by atoms with van der Waals surface area (Å²) in [5.74, 6) is 0. The van der Waals surface area contributed by atoms with E-state index in [0.717, 1.165) is 0 Å². The Morgan fingerprint density at radius 1 is 0.474 bits per heavy atom. The average Bonchev–Trinajstić information content (AvgIpc) is 2.43. The second-order valence-corrected chi connectivity index (χ2v) is 4.68. The molecule has 0 unspecified atom stereocenters. The molecule has 2 aromatic rings. The molecule has 2 N–H and O–H groups in total. The van der Waals surface area contributed by atoms with Crippen LogP contribution in [0.2, 0.25) is 0 Å². The third-order valence-electron chi connectivity index (χ3n) is 3.60. The Kier molecular flexibility index (Phi) is 2.69. The fourth-order valence-electron chi connectivity index (χ4n) is 2.63. The van der Waals surface area contributed by atoms with Gasteiger partial charge in [-0.3, -0.25) is 0 Å². The van der Waals surface area contributed by atoms with E-state index in [9.17, 15) is 0 Å². The molecule has 0 spiro atoms. The van der Waals surface area contributed by atoms with Crippen LogP contribution in [0.1, 0.15) is 0 Å². The van der Waals surface area contributed by atoms with Crippen LogP contribution >= 0.6 is 0 Å². The molecule has 2 aliphatic rings. The topological polar surface area (TPSA) is 31.5 Å². The van der Waals surface area contributed by atoms with Crippen molar-refractivity contribution in [1.82, 2.24) is 0 Å². The SMILES string of the molecule is O.c1ccc(-c2cc3cc(-c4ccccc4)c2-3)cc1. The summed E-state index contributed by atoms with van der Waals surface area (Å²) < 4.78 is 0. The molecular formula is C18H14O. The number of hydrogen-bond acceptors (Lipinski definition) is 0. The lowest BCUT2D eigenvalue weighted by Gasteiger charge is -2.27. The van der Waals surface area contributed by atoms with Crippen molar-refractivity contribution in [2.75, 3.05) is 0 Å². The maximum absolute atomic E-state index is 2.27. The van der Waals surface area contributed by atoms with Crippen LogP contribution in [-0.2, 0) is 0 Å². The van der Waals surface area contributed by atoms with E-state index in [1.54, 1.807) is 0 Å². The van der Waals surface area contributed by atoms with E-state index < -0.39 is 0 Å². The van der Waals surface area contributed by atoms with E-state index in [-0.39, 0.29) is 5.48 Å². The van der Waals surface area contributed by atoms with Gasteiger partial charge >= 0.3 is 0 Å². The second kappa shape index (κ2) is 4.38. The summed E-state index contributed by atoms with van der Waals surface area (Å²) in [5.41, 5.74) is 8.23. The van der Waals surface area contributed by atoms with Crippen LogP contribution in [0.4, 0.5) is 0 Å². The van der Waals surface area contributed by atoms with Gasteiger partial charge in [-0.15, -0.1) is 0 Å². The smallest absolute Gasteiger partial charge is 0.00259 e. The van der Waals surface area contributed by atoms with Crippen molar-refractivity contribution in [2.45, 2.75) is 0 Å². The fraction of sp³-hybridized carbons (Fsp3) is 0. The third kappa shape index (κ3) is 1.67. The highest BCUT2D eigenvalue weighted by atomic mass is 16.0. The van der Waals surface area contributed by atoms with Gasteiger partial charge in [-0.2, -0.15) is 0 Å². The number of hydrogen-bond donors (Lipinski definition) is 0. The van der Waals surface area contributed by atoms with Crippen molar-refractivity contribution in [3.05, 3.63) is 72.8 Å². The first-order valence-corrected chi connectivity index (χ1v) is 6.23. The molecule has 0 radical (unpaired) electrons. The summed E-state index contributed by atoms with van der Waals surface area (Å²) >= 11 is 0. The molecule has 0 fully saturated rings. The zero-order chi connectivity index (χ0) is 11.9. The second-order valence-electron chi connectivity index (χ2n) is 4.68. The van der Waals surface area contributed by atoms with Crippen molar-refractivity contribution in [3.8, 4) is 33.4 Å². The predicted molar refractivity (Wildman–Crippen MR) is 79.9 cm³/mol. The molecule has 2 aliphatic carbocycles. The van der Waals surface area contributed by atoms with Crippen LogP contribution in [0.25, 0.3) is 33.4 Å². The first-order valence-electron chi connectivity index (χ1n) is 6.23. The molecule has 0 aliphatic heterocycles. The molecule has 92 valence electrons. The first kappa shape index (κ1) is 11.7. The van der Waals surface area contributed by atoms with E-state index in [2.05, 4.69) is 72.8 Å². The van der Waals surface area contributed by atoms with Gasteiger partial charge in [0.15, 0.2) is 0 Å². The quantitative estimate of drug-likeness (QED) is 0.508. The van der Waals surface area contributed by atoms with Gasteiger partial charge in [0.2, 0.25) is 0 Å². The standard InChI is InChI=1S/C18H12.H2O/c1-3-7-13(8-4-1)16-11-15-12-17(18(15)16)14-9-5-2-6-10-14;/h1-12H;1H2. The first-order chi connectivity index (χ1) is 8.93. The normalized spacial score (nSPS) is 10.7. The largest absolute Gasteiger partial charge is 0.412 e. The molecular weight excluding hydrogens is 232 g/mol. The highest BCUT2D eigenvalue weighted by molar-refractivity contribution is 6.06. The van der Waals surface area contributed by atoms with Crippen LogP contribution < -0.4 is 0 Å². The lowest BCUT2D eigenvalue weighted by Crippen LogP contribution is -2.01. The van der Waals surface area contributed by atoms with E-state index in [1.807, 2.05) is 0 Å². The Hall–Kier alpha value is -2.38.